The van der Waals surface area contributed by atoms with E-state index >= 15 is 0 Å². The van der Waals surface area contributed by atoms with Crippen molar-refractivity contribution in [1.82, 2.24) is 14.5 Å². The highest BCUT2D eigenvalue weighted by Crippen LogP contribution is 2.29. The Hall–Kier alpha value is -3.67. The molecule has 1 fully saturated rings. The zero-order valence-corrected chi connectivity index (χ0v) is 17.7. The lowest BCUT2D eigenvalue weighted by Gasteiger charge is -2.23. The summed E-state index contributed by atoms with van der Waals surface area (Å²) in [6.07, 6.45) is 2.00. The monoisotopic (exact) mass is 429 g/mol. The average molecular weight is 429 g/mol. The van der Waals surface area contributed by atoms with E-state index in [0.717, 1.165) is 35.2 Å². The molecule has 1 aliphatic rings. The minimum absolute atomic E-state index is 0.0286. The van der Waals surface area contributed by atoms with Gasteiger partial charge < -0.3 is 14.2 Å². The molecular weight excluding hydrogens is 405 g/mol. The number of hydrogen-bond acceptors (Lipinski definition) is 3. The van der Waals surface area contributed by atoms with Crippen LogP contribution in [-0.2, 0) is 24.5 Å². The van der Waals surface area contributed by atoms with Gasteiger partial charge in [0.2, 0.25) is 5.91 Å². The van der Waals surface area contributed by atoms with Gasteiger partial charge in [0.15, 0.2) is 0 Å². The van der Waals surface area contributed by atoms with Crippen LogP contribution in [0.15, 0.2) is 78.9 Å². The van der Waals surface area contributed by atoms with Crippen molar-refractivity contribution in [2.75, 3.05) is 0 Å². The number of hydrogen-bond donors (Lipinski definition) is 0. The van der Waals surface area contributed by atoms with Gasteiger partial charge in [-0.15, -0.1) is 0 Å². The van der Waals surface area contributed by atoms with Crippen molar-refractivity contribution in [1.29, 1.82) is 0 Å². The minimum atomic E-state index is -0.272. The smallest absolute Gasteiger partial charge is 0.243 e. The molecule has 6 heteroatoms. The Kier molecular flexibility index (Phi) is 5.58. The summed E-state index contributed by atoms with van der Waals surface area (Å²) < 4.78 is 21.2. The highest BCUT2D eigenvalue weighted by Gasteiger charge is 2.33. The zero-order chi connectivity index (χ0) is 21.9. The van der Waals surface area contributed by atoms with Crippen molar-refractivity contribution in [2.45, 2.75) is 38.6 Å². The Morgan fingerprint density at radius 3 is 2.47 bits per heavy atom. The molecule has 4 aromatic rings. The molecular formula is C26H24FN3O2. The van der Waals surface area contributed by atoms with Gasteiger partial charge in [-0.3, -0.25) is 4.79 Å². The highest BCUT2D eigenvalue weighted by atomic mass is 19.1. The Morgan fingerprint density at radius 2 is 1.72 bits per heavy atom. The molecule has 0 unspecified atom stereocenters. The SMILES string of the molecule is O=C(Cn1c(COc2ccccc2)nc2ccccc21)N(Cc1ccc(F)cc1)C1CC1. The normalized spacial score (nSPS) is 13.3. The summed E-state index contributed by atoms with van der Waals surface area (Å²) in [5.41, 5.74) is 2.67. The zero-order valence-electron chi connectivity index (χ0n) is 17.7. The lowest BCUT2D eigenvalue weighted by atomic mass is 10.2. The fourth-order valence-corrected chi connectivity index (χ4v) is 3.90. The van der Waals surface area contributed by atoms with Crippen LogP contribution in [0.3, 0.4) is 0 Å². The molecule has 1 saturated carbocycles. The number of para-hydroxylation sites is 3. The maximum absolute atomic E-state index is 13.4. The predicted molar refractivity (Wildman–Crippen MR) is 120 cm³/mol. The third-order valence-corrected chi connectivity index (χ3v) is 5.71. The molecule has 162 valence electrons. The first kappa shape index (κ1) is 20.2. The van der Waals surface area contributed by atoms with E-state index in [1.54, 1.807) is 12.1 Å². The number of amides is 1. The van der Waals surface area contributed by atoms with Gasteiger partial charge in [0.05, 0.1) is 11.0 Å². The molecule has 0 radical (unpaired) electrons. The van der Waals surface area contributed by atoms with Crippen LogP contribution in [0.2, 0.25) is 0 Å². The van der Waals surface area contributed by atoms with Gasteiger partial charge >= 0.3 is 0 Å². The minimum Gasteiger partial charge on any atom is -0.486 e. The van der Waals surface area contributed by atoms with Gasteiger partial charge in [-0.1, -0.05) is 42.5 Å². The van der Waals surface area contributed by atoms with E-state index < -0.39 is 0 Å². The summed E-state index contributed by atoms with van der Waals surface area (Å²) in [5, 5.41) is 0. The second kappa shape index (κ2) is 8.83. The van der Waals surface area contributed by atoms with Crippen LogP contribution in [0.25, 0.3) is 11.0 Å². The second-order valence-electron chi connectivity index (χ2n) is 8.08. The van der Waals surface area contributed by atoms with Crippen LogP contribution in [0.1, 0.15) is 24.2 Å². The molecule has 1 heterocycles. The van der Waals surface area contributed by atoms with E-state index in [9.17, 15) is 9.18 Å². The first-order chi connectivity index (χ1) is 15.7. The quantitative estimate of drug-likeness (QED) is 0.398. The van der Waals surface area contributed by atoms with Gasteiger partial charge in [0.25, 0.3) is 0 Å². The first-order valence-electron chi connectivity index (χ1n) is 10.8. The van der Waals surface area contributed by atoms with Crippen LogP contribution in [0.4, 0.5) is 4.39 Å². The maximum Gasteiger partial charge on any atom is 0.243 e. The number of nitrogens with zero attached hydrogens (tertiary/aromatic N) is 3. The number of halogens is 1. The van der Waals surface area contributed by atoms with Gasteiger partial charge in [-0.2, -0.15) is 0 Å². The second-order valence-corrected chi connectivity index (χ2v) is 8.08. The molecule has 0 saturated heterocycles. The van der Waals surface area contributed by atoms with Crippen LogP contribution in [-0.4, -0.2) is 26.4 Å². The van der Waals surface area contributed by atoms with Crippen LogP contribution >= 0.6 is 0 Å². The van der Waals surface area contributed by atoms with Gasteiger partial charge in [-0.05, 0) is 54.8 Å². The molecule has 5 nitrogen and oxygen atoms in total. The summed E-state index contributed by atoms with van der Waals surface area (Å²) >= 11 is 0. The van der Waals surface area contributed by atoms with Crippen LogP contribution in [0, 0.1) is 5.82 Å². The Labute approximate surface area is 186 Å². The standard InChI is InChI=1S/C26H24FN3O2/c27-20-12-10-19(11-13-20)16-29(21-14-15-21)26(31)17-30-24-9-5-4-8-23(24)28-25(30)18-32-22-6-2-1-3-7-22/h1-13,21H,14-18H2. The maximum atomic E-state index is 13.4. The summed E-state index contributed by atoms with van der Waals surface area (Å²) in [6, 6.07) is 24.0. The van der Waals surface area contributed by atoms with E-state index in [1.807, 2.05) is 64.1 Å². The van der Waals surface area contributed by atoms with E-state index in [-0.39, 0.29) is 30.9 Å². The number of rotatable bonds is 8. The van der Waals surface area contributed by atoms with Crippen molar-refractivity contribution in [3.05, 3.63) is 96.1 Å². The number of carbonyl (C=O) groups is 1. The third-order valence-electron chi connectivity index (χ3n) is 5.71. The molecule has 0 N–H and O–H groups in total. The third kappa shape index (κ3) is 4.49. The predicted octanol–water partition coefficient (Wildman–Crippen LogP) is 4.95. The van der Waals surface area contributed by atoms with Gasteiger partial charge in [-0.25, -0.2) is 9.37 Å². The topological polar surface area (TPSA) is 47.4 Å². The number of ether oxygens (including phenoxy) is 1. The van der Waals surface area contributed by atoms with Crippen LogP contribution in [0.5, 0.6) is 5.75 Å². The van der Waals surface area contributed by atoms with Crippen molar-refractivity contribution in [3.63, 3.8) is 0 Å². The number of fused-ring (bicyclic) bond motifs is 1. The summed E-state index contributed by atoms with van der Waals surface area (Å²) in [6.45, 7) is 0.936. The van der Waals surface area contributed by atoms with Gasteiger partial charge in [0, 0.05) is 12.6 Å². The van der Waals surface area contributed by atoms with Crippen molar-refractivity contribution < 1.29 is 13.9 Å². The Morgan fingerprint density at radius 1 is 1.00 bits per heavy atom. The van der Waals surface area contributed by atoms with Gasteiger partial charge in [0.1, 0.15) is 30.5 Å². The molecule has 1 aliphatic carbocycles. The summed E-state index contributed by atoms with van der Waals surface area (Å²) in [4.78, 5) is 20.0. The molecule has 1 amide bonds. The molecule has 5 rings (SSSR count). The Bertz CT molecular complexity index is 1220. The van der Waals surface area contributed by atoms with E-state index in [1.165, 1.54) is 12.1 Å². The van der Waals surface area contributed by atoms with E-state index in [4.69, 9.17) is 9.72 Å². The van der Waals surface area contributed by atoms with Crippen molar-refractivity contribution in [2.24, 2.45) is 0 Å². The van der Waals surface area contributed by atoms with Crippen molar-refractivity contribution in [3.8, 4) is 5.75 Å². The molecule has 0 atom stereocenters. The molecule has 0 bridgehead atoms. The fourth-order valence-electron chi connectivity index (χ4n) is 3.90. The average Bonchev–Trinajstić information content (AvgIpc) is 3.60. The summed E-state index contributed by atoms with van der Waals surface area (Å²) in [5.74, 6) is 1.22. The molecule has 3 aromatic carbocycles. The number of aromatic nitrogens is 2. The molecule has 0 aliphatic heterocycles. The summed E-state index contributed by atoms with van der Waals surface area (Å²) in [7, 11) is 0. The largest absolute Gasteiger partial charge is 0.486 e. The van der Waals surface area contributed by atoms with Crippen molar-refractivity contribution >= 4 is 16.9 Å². The number of imidazole rings is 1. The van der Waals surface area contributed by atoms with Crippen LogP contribution < -0.4 is 4.74 Å². The van der Waals surface area contributed by atoms with E-state index in [2.05, 4.69) is 0 Å². The first-order valence-corrected chi connectivity index (χ1v) is 10.8. The molecule has 0 spiro atoms. The number of carbonyl (C=O) groups excluding carboxylic acids is 1. The fraction of sp³-hybridized carbons (Fsp3) is 0.231. The highest BCUT2D eigenvalue weighted by molar-refractivity contribution is 5.81. The Balaban J connectivity index is 1.39. The number of benzene rings is 3. The lowest BCUT2D eigenvalue weighted by Crippen LogP contribution is -2.35. The molecule has 32 heavy (non-hydrogen) atoms. The molecule has 1 aromatic heterocycles. The lowest BCUT2D eigenvalue weighted by molar-refractivity contribution is -0.133. The van der Waals surface area contributed by atoms with E-state index in [0.29, 0.717) is 12.4 Å².